The van der Waals surface area contributed by atoms with E-state index in [-0.39, 0.29) is 13.2 Å². The van der Waals surface area contributed by atoms with Crippen molar-refractivity contribution in [3.63, 3.8) is 0 Å². The molecular weight excluding hydrogens is 398 g/mol. The summed E-state index contributed by atoms with van der Waals surface area (Å²) in [4.78, 5) is 11.6. The molecule has 128 valence electrons. The lowest BCUT2D eigenvalue weighted by Crippen LogP contribution is -2.35. The van der Waals surface area contributed by atoms with E-state index in [4.69, 9.17) is 16.3 Å². The van der Waals surface area contributed by atoms with Crippen LogP contribution in [0.1, 0.15) is 17.2 Å². The number of hydrogen-bond donors (Lipinski definition) is 3. The summed E-state index contributed by atoms with van der Waals surface area (Å²) < 4.78 is 5.65. The first-order valence-electron chi connectivity index (χ1n) is 7.23. The van der Waals surface area contributed by atoms with Gasteiger partial charge in [-0.05, 0) is 39.2 Å². The molecule has 0 radical (unpaired) electrons. The van der Waals surface area contributed by atoms with Gasteiger partial charge in [0.25, 0.3) is 0 Å². The van der Waals surface area contributed by atoms with E-state index in [2.05, 4.69) is 21.2 Å². The van der Waals surface area contributed by atoms with Crippen molar-refractivity contribution in [3.8, 4) is 0 Å². The van der Waals surface area contributed by atoms with E-state index in [1.54, 1.807) is 18.2 Å². The van der Waals surface area contributed by atoms with Crippen LogP contribution in [0.5, 0.6) is 0 Å². The van der Waals surface area contributed by atoms with E-state index in [1.807, 2.05) is 30.3 Å². The van der Waals surface area contributed by atoms with Gasteiger partial charge in [0.05, 0.1) is 5.02 Å². The summed E-state index contributed by atoms with van der Waals surface area (Å²) in [6.45, 7) is -0.00944. The quantitative estimate of drug-likeness (QED) is 0.677. The zero-order valence-corrected chi connectivity index (χ0v) is 15.0. The van der Waals surface area contributed by atoms with Crippen molar-refractivity contribution in [3.05, 3.63) is 69.2 Å². The van der Waals surface area contributed by atoms with E-state index >= 15 is 0 Å². The number of nitrogens with one attached hydrogen (secondary N) is 1. The number of aliphatic hydroxyl groups excluding tert-OH is 2. The van der Waals surface area contributed by atoms with Gasteiger partial charge in [-0.1, -0.05) is 48.0 Å². The van der Waals surface area contributed by atoms with Crippen LogP contribution in [0.4, 0.5) is 4.79 Å². The number of aliphatic hydroxyl groups is 2. The van der Waals surface area contributed by atoms with Crippen LogP contribution in [0, 0.1) is 0 Å². The normalized spacial score (nSPS) is 13.2. The molecule has 0 bridgehead atoms. The lowest BCUT2D eigenvalue weighted by atomic mass is 10.0. The van der Waals surface area contributed by atoms with Crippen LogP contribution in [0.3, 0.4) is 0 Å². The molecule has 3 N–H and O–H groups in total. The molecule has 2 atom stereocenters. The molecule has 2 rings (SSSR count). The summed E-state index contributed by atoms with van der Waals surface area (Å²) in [5.41, 5.74) is 1.34. The summed E-state index contributed by atoms with van der Waals surface area (Å²) in [6.07, 6.45) is -3.00. The van der Waals surface area contributed by atoms with Crippen LogP contribution >= 0.6 is 27.5 Å². The number of benzene rings is 2. The Hall–Kier alpha value is -1.60. The lowest BCUT2D eigenvalue weighted by Gasteiger charge is -2.19. The molecule has 2 aromatic carbocycles. The number of alkyl carbamates (subject to hydrolysis) is 1. The molecule has 24 heavy (non-hydrogen) atoms. The summed E-state index contributed by atoms with van der Waals surface area (Å²) in [5.74, 6) is 0. The van der Waals surface area contributed by atoms with Crippen molar-refractivity contribution >= 4 is 33.6 Å². The molecule has 0 aromatic heterocycles. The Kier molecular flexibility index (Phi) is 7.05. The van der Waals surface area contributed by atoms with Gasteiger partial charge in [-0.15, -0.1) is 0 Å². The molecule has 0 fully saturated rings. The SMILES string of the molecule is O=C(NCC(O)C(O)c1ccc(Cl)c(Br)c1)OCc1ccccc1. The molecule has 1 amide bonds. The predicted molar refractivity (Wildman–Crippen MR) is 94.7 cm³/mol. The Balaban J connectivity index is 1.80. The Morgan fingerprint density at radius 1 is 1.21 bits per heavy atom. The van der Waals surface area contributed by atoms with Crippen molar-refractivity contribution in [2.24, 2.45) is 0 Å². The second-order valence-electron chi connectivity index (χ2n) is 5.13. The first kappa shape index (κ1) is 18.7. The topological polar surface area (TPSA) is 78.8 Å². The summed E-state index contributed by atoms with van der Waals surface area (Å²) >= 11 is 9.14. The minimum absolute atomic E-state index is 0.134. The number of ether oxygens (including phenoxy) is 1. The highest BCUT2D eigenvalue weighted by Gasteiger charge is 2.20. The van der Waals surface area contributed by atoms with Gasteiger partial charge in [0.1, 0.15) is 18.8 Å². The van der Waals surface area contributed by atoms with Crippen LogP contribution in [0.15, 0.2) is 53.0 Å². The van der Waals surface area contributed by atoms with E-state index in [0.717, 1.165) is 5.56 Å². The minimum atomic E-state index is -1.18. The molecular formula is C17H17BrClNO4. The Morgan fingerprint density at radius 3 is 2.58 bits per heavy atom. The molecule has 5 nitrogen and oxygen atoms in total. The smallest absolute Gasteiger partial charge is 0.407 e. The summed E-state index contributed by atoms with van der Waals surface area (Å²) in [5, 5.41) is 23.0. The van der Waals surface area contributed by atoms with Crippen LogP contribution in [0.2, 0.25) is 5.02 Å². The van der Waals surface area contributed by atoms with E-state index in [9.17, 15) is 15.0 Å². The maximum Gasteiger partial charge on any atom is 0.407 e. The van der Waals surface area contributed by atoms with E-state index in [1.165, 1.54) is 0 Å². The van der Waals surface area contributed by atoms with Gasteiger partial charge < -0.3 is 20.3 Å². The molecule has 0 saturated carbocycles. The highest BCUT2D eigenvalue weighted by molar-refractivity contribution is 9.10. The first-order chi connectivity index (χ1) is 11.5. The third-order valence-corrected chi connectivity index (χ3v) is 4.53. The second kappa shape index (κ2) is 9.03. The number of carbonyl (C=O) groups excluding carboxylic acids is 1. The molecule has 0 aliphatic rings. The largest absolute Gasteiger partial charge is 0.445 e. The second-order valence-corrected chi connectivity index (χ2v) is 6.39. The molecule has 0 spiro atoms. The lowest BCUT2D eigenvalue weighted by molar-refractivity contribution is 0.0184. The monoisotopic (exact) mass is 413 g/mol. The van der Waals surface area contributed by atoms with Crippen molar-refractivity contribution in [2.75, 3.05) is 6.54 Å². The Morgan fingerprint density at radius 2 is 1.92 bits per heavy atom. The number of carbonyl (C=O) groups is 1. The van der Waals surface area contributed by atoms with Crippen LogP contribution in [-0.4, -0.2) is 29.0 Å². The minimum Gasteiger partial charge on any atom is -0.445 e. The third-order valence-electron chi connectivity index (χ3n) is 3.32. The van der Waals surface area contributed by atoms with Crippen molar-refractivity contribution in [1.82, 2.24) is 5.32 Å². The maximum atomic E-state index is 11.6. The van der Waals surface area contributed by atoms with Crippen LogP contribution in [-0.2, 0) is 11.3 Å². The van der Waals surface area contributed by atoms with E-state index < -0.39 is 18.3 Å². The fourth-order valence-electron chi connectivity index (χ4n) is 1.99. The molecule has 0 aliphatic carbocycles. The average molecular weight is 415 g/mol. The van der Waals surface area contributed by atoms with Gasteiger partial charge in [-0.3, -0.25) is 0 Å². The maximum absolute atomic E-state index is 11.6. The van der Waals surface area contributed by atoms with Crippen LogP contribution < -0.4 is 5.32 Å². The van der Waals surface area contributed by atoms with Gasteiger partial charge in [-0.25, -0.2) is 4.79 Å². The number of amides is 1. The predicted octanol–water partition coefficient (Wildman–Crippen LogP) is 3.42. The van der Waals surface area contributed by atoms with Gasteiger partial charge in [-0.2, -0.15) is 0 Å². The first-order valence-corrected chi connectivity index (χ1v) is 8.40. The van der Waals surface area contributed by atoms with Crippen LogP contribution in [0.25, 0.3) is 0 Å². The Bertz CT molecular complexity index is 684. The standard InChI is InChI=1S/C17H17BrClNO4/c18-13-8-12(6-7-14(13)19)16(22)15(21)9-20-17(23)24-10-11-4-2-1-3-5-11/h1-8,15-16,21-22H,9-10H2,(H,20,23). The average Bonchev–Trinajstić information content (AvgIpc) is 2.60. The van der Waals surface area contributed by atoms with Gasteiger partial charge >= 0.3 is 6.09 Å². The fraction of sp³-hybridized carbons (Fsp3) is 0.235. The fourth-order valence-corrected chi connectivity index (χ4v) is 2.51. The van der Waals surface area contributed by atoms with Crippen molar-refractivity contribution in [2.45, 2.75) is 18.8 Å². The molecule has 2 unspecified atom stereocenters. The third kappa shape index (κ3) is 5.49. The van der Waals surface area contributed by atoms with Crippen molar-refractivity contribution < 1.29 is 19.7 Å². The summed E-state index contributed by atoms with van der Waals surface area (Å²) in [6, 6.07) is 14.1. The van der Waals surface area contributed by atoms with Gasteiger partial charge in [0.2, 0.25) is 0 Å². The molecule has 0 saturated heterocycles. The highest BCUT2D eigenvalue weighted by Crippen LogP contribution is 2.27. The molecule has 0 aliphatic heterocycles. The van der Waals surface area contributed by atoms with E-state index in [0.29, 0.717) is 15.1 Å². The van der Waals surface area contributed by atoms with Crippen molar-refractivity contribution in [1.29, 1.82) is 0 Å². The summed E-state index contributed by atoms with van der Waals surface area (Å²) in [7, 11) is 0. The Labute approximate surface area is 153 Å². The number of hydrogen-bond acceptors (Lipinski definition) is 4. The molecule has 0 heterocycles. The van der Waals surface area contributed by atoms with Gasteiger partial charge in [0.15, 0.2) is 0 Å². The highest BCUT2D eigenvalue weighted by atomic mass is 79.9. The van der Waals surface area contributed by atoms with Gasteiger partial charge in [0, 0.05) is 11.0 Å². The number of halogens is 2. The zero-order chi connectivity index (χ0) is 17.5. The molecule has 2 aromatic rings. The zero-order valence-electron chi connectivity index (χ0n) is 12.7. The number of rotatable bonds is 6. The molecule has 7 heteroatoms.